The van der Waals surface area contributed by atoms with Crippen LogP contribution in [-0.2, 0) is 17.9 Å². The number of nitrogens with one attached hydrogen (secondary N) is 2. The molecule has 7 heteroatoms. The zero-order valence-electron chi connectivity index (χ0n) is 10.7. The summed E-state index contributed by atoms with van der Waals surface area (Å²) < 4.78 is 1.50. The second kappa shape index (κ2) is 5.04. The van der Waals surface area contributed by atoms with Crippen LogP contribution in [0.3, 0.4) is 0 Å². The number of nitrogens with zero attached hydrogens (tertiary/aromatic N) is 3. The smallest absolute Gasteiger partial charge is 0.239 e. The molecule has 0 fully saturated rings. The summed E-state index contributed by atoms with van der Waals surface area (Å²) in [5.41, 5.74) is 7.94. The number of fused-ring (bicyclic) bond motifs is 1. The first-order chi connectivity index (χ1) is 9.72. The fraction of sp³-hybridized carbons (Fsp3) is 0.154. The Bertz CT molecular complexity index is 744. The van der Waals surface area contributed by atoms with Crippen molar-refractivity contribution in [1.29, 1.82) is 0 Å². The first-order valence-electron chi connectivity index (χ1n) is 6.18. The largest absolute Gasteiger partial charge is 0.378 e. The van der Waals surface area contributed by atoms with E-state index in [9.17, 15) is 4.79 Å². The third kappa shape index (κ3) is 2.46. The molecule has 0 unspecified atom stereocenters. The molecule has 102 valence electrons. The van der Waals surface area contributed by atoms with Crippen LogP contribution in [0.25, 0.3) is 11.0 Å². The van der Waals surface area contributed by atoms with Gasteiger partial charge in [0.2, 0.25) is 5.91 Å². The van der Waals surface area contributed by atoms with Crippen LogP contribution < -0.4 is 11.1 Å². The van der Waals surface area contributed by atoms with E-state index in [1.165, 1.54) is 4.68 Å². The quantitative estimate of drug-likeness (QED) is 0.639. The Morgan fingerprint density at radius 1 is 1.50 bits per heavy atom. The standard InChI is InChI=1S/C13H14N6O/c14-12(20)8-19-7-10(6-18-19)16-4-9-5-17-13-11(9)2-1-3-15-13/h1-3,5-7,16H,4,8H2,(H2,14,20)(H,15,17). The number of pyridine rings is 1. The van der Waals surface area contributed by atoms with Crippen molar-refractivity contribution in [3.05, 3.63) is 42.5 Å². The number of aromatic nitrogens is 4. The second-order valence-corrected chi connectivity index (χ2v) is 4.46. The molecule has 0 spiro atoms. The summed E-state index contributed by atoms with van der Waals surface area (Å²) in [4.78, 5) is 18.2. The van der Waals surface area contributed by atoms with E-state index in [2.05, 4.69) is 20.4 Å². The first kappa shape index (κ1) is 12.2. The van der Waals surface area contributed by atoms with E-state index in [4.69, 9.17) is 5.73 Å². The molecule has 0 aliphatic heterocycles. The number of aromatic amines is 1. The van der Waals surface area contributed by atoms with Gasteiger partial charge in [0, 0.05) is 30.5 Å². The molecule has 20 heavy (non-hydrogen) atoms. The zero-order chi connectivity index (χ0) is 13.9. The first-order valence-corrected chi connectivity index (χ1v) is 6.18. The van der Waals surface area contributed by atoms with Crippen LogP contribution in [0.5, 0.6) is 0 Å². The molecule has 3 heterocycles. The van der Waals surface area contributed by atoms with Crippen molar-refractivity contribution < 1.29 is 4.79 Å². The number of amides is 1. The van der Waals surface area contributed by atoms with E-state index in [0.29, 0.717) is 6.54 Å². The summed E-state index contributed by atoms with van der Waals surface area (Å²) in [6.07, 6.45) is 7.09. The van der Waals surface area contributed by atoms with E-state index in [-0.39, 0.29) is 6.54 Å². The SMILES string of the molecule is NC(=O)Cn1cc(NCc2c[nH]c3ncccc23)cn1. The molecule has 0 saturated heterocycles. The Hall–Kier alpha value is -2.83. The molecule has 3 rings (SSSR count). The summed E-state index contributed by atoms with van der Waals surface area (Å²) in [6.45, 7) is 0.729. The lowest BCUT2D eigenvalue weighted by Crippen LogP contribution is -2.18. The number of anilines is 1. The number of H-pyrrole nitrogens is 1. The predicted molar refractivity (Wildman–Crippen MR) is 74.8 cm³/mol. The van der Waals surface area contributed by atoms with Crippen molar-refractivity contribution in [2.75, 3.05) is 5.32 Å². The third-order valence-electron chi connectivity index (χ3n) is 2.97. The average Bonchev–Trinajstić information content (AvgIpc) is 3.02. The average molecular weight is 270 g/mol. The molecule has 0 aromatic carbocycles. The van der Waals surface area contributed by atoms with Gasteiger partial charge in [0.15, 0.2) is 0 Å². The van der Waals surface area contributed by atoms with Gasteiger partial charge < -0.3 is 16.0 Å². The lowest BCUT2D eigenvalue weighted by Gasteiger charge is -2.01. The van der Waals surface area contributed by atoms with Gasteiger partial charge in [-0.25, -0.2) is 4.98 Å². The number of rotatable bonds is 5. The van der Waals surface area contributed by atoms with Crippen molar-refractivity contribution in [2.24, 2.45) is 5.73 Å². The van der Waals surface area contributed by atoms with Crippen molar-refractivity contribution in [1.82, 2.24) is 19.7 Å². The highest BCUT2D eigenvalue weighted by molar-refractivity contribution is 5.79. The van der Waals surface area contributed by atoms with Gasteiger partial charge >= 0.3 is 0 Å². The van der Waals surface area contributed by atoms with Gasteiger partial charge in [-0.15, -0.1) is 0 Å². The van der Waals surface area contributed by atoms with Gasteiger partial charge in [0.1, 0.15) is 12.2 Å². The summed E-state index contributed by atoms with van der Waals surface area (Å²) in [5, 5.41) is 8.39. The van der Waals surface area contributed by atoms with E-state index in [1.807, 2.05) is 18.3 Å². The predicted octanol–water partition coefficient (Wildman–Crippen LogP) is 0.857. The van der Waals surface area contributed by atoms with Crippen LogP contribution in [0.4, 0.5) is 5.69 Å². The highest BCUT2D eigenvalue weighted by Gasteiger charge is 2.05. The topological polar surface area (TPSA) is 102 Å². The molecule has 3 aromatic rings. The highest BCUT2D eigenvalue weighted by atomic mass is 16.1. The minimum Gasteiger partial charge on any atom is -0.378 e. The molecule has 1 amide bonds. The maximum Gasteiger partial charge on any atom is 0.239 e. The van der Waals surface area contributed by atoms with E-state index in [1.54, 1.807) is 18.6 Å². The molecule has 3 aromatic heterocycles. The van der Waals surface area contributed by atoms with Crippen LogP contribution in [0.15, 0.2) is 36.9 Å². The van der Waals surface area contributed by atoms with Crippen molar-refractivity contribution in [2.45, 2.75) is 13.1 Å². The van der Waals surface area contributed by atoms with E-state index >= 15 is 0 Å². The van der Waals surface area contributed by atoms with Gasteiger partial charge in [0.25, 0.3) is 0 Å². The maximum atomic E-state index is 10.8. The number of carbonyl (C=O) groups excluding carboxylic acids is 1. The summed E-state index contributed by atoms with van der Waals surface area (Å²) in [6, 6.07) is 3.93. The molecule has 0 aliphatic carbocycles. The molecule has 4 N–H and O–H groups in total. The highest BCUT2D eigenvalue weighted by Crippen LogP contribution is 2.17. The van der Waals surface area contributed by atoms with Crippen molar-refractivity contribution in [3.63, 3.8) is 0 Å². The summed E-state index contributed by atoms with van der Waals surface area (Å²) in [5.74, 6) is -0.414. The lowest BCUT2D eigenvalue weighted by molar-refractivity contribution is -0.118. The van der Waals surface area contributed by atoms with Gasteiger partial charge in [-0.05, 0) is 17.7 Å². The zero-order valence-corrected chi connectivity index (χ0v) is 10.7. The maximum absolute atomic E-state index is 10.8. The summed E-state index contributed by atoms with van der Waals surface area (Å²) in [7, 11) is 0. The Kier molecular flexibility index (Phi) is 3.08. The normalized spacial score (nSPS) is 10.8. The monoisotopic (exact) mass is 270 g/mol. The molecule has 7 nitrogen and oxygen atoms in total. The number of primary amides is 1. The van der Waals surface area contributed by atoms with Crippen LogP contribution >= 0.6 is 0 Å². The lowest BCUT2D eigenvalue weighted by atomic mass is 10.2. The van der Waals surface area contributed by atoms with Crippen molar-refractivity contribution >= 4 is 22.6 Å². The summed E-state index contributed by atoms with van der Waals surface area (Å²) >= 11 is 0. The van der Waals surface area contributed by atoms with Crippen LogP contribution in [0, 0.1) is 0 Å². The van der Waals surface area contributed by atoms with Gasteiger partial charge in [-0.2, -0.15) is 5.10 Å². The number of nitrogens with two attached hydrogens (primary N) is 1. The van der Waals surface area contributed by atoms with E-state index in [0.717, 1.165) is 22.3 Å². The molecule has 0 radical (unpaired) electrons. The Balaban J connectivity index is 1.70. The van der Waals surface area contributed by atoms with Crippen LogP contribution in [0.1, 0.15) is 5.56 Å². The number of carbonyl (C=O) groups is 1. The third-order valence-corrected chi connectivity index (χ3v) is 2.97. The van der Waals surface area contributed by atoms with Gasteiger partial charge in [-0.3, -0.25) is 9.48 Å². The van der Waals surface area contributed by atoms with E-state index < -0.39 is 5.91 Å². The molecular formula is C13H14N6O. The molecule has 0 atom stereocenters. The van der Waals surface area contributed by atoms with Gasteiger partial charge in [-0.1, -0.05) is 0 Å². The fourth-order valence-electron chi connectivity index (χ4n) is 2.06. The van der Waals surface area contributed by atoms with Crippen LogP contribution in [0.2, 0.25) is 0 Å². The van der Waals surface area contributed by atoms with Crippen LogP contribution in [-0.4, -0.2) is 25.7 Å². The molecule has 0 aliphatic rings. The van der Waals surface area contributed by atoms with Crippen molar-refractivity contribution in [3.8, 4) is 0 Å². The molecular weight excluding hydrogens is 256 g/mol. The number of hydrogen-bond acceptors (Lipinski definition) is 4. The Morgan fingerprint density at radius 2 is 2.40 bits per heavy atom. The molecule has 0 saturated carbocycles. The molecule has 0 bridgehead atoms. The van der Waals surface area contributed by atoms with Gasteiger partial charge in [0.05, 0.1) is 11.9 Å². The minimum absolute atomic E-state index is 0.0820. The minimum atomic E-state index is -0.414. The number of hydrogen-bond donors (Lipinski definition) is 3. The Labute approximate surface area is 114 Å². The second-order valence-electron chi connectivity index (χ2n) is 4.46. The fourth-order valence-corrected chi connectivity index (χ4v) is 2.06. The Morgan fingerprint density at radius 3 is 3.25 bits per heavy atom.